The van der Waals surface area contributed by atoms with Crippen molar-refractivity contribution < 1.29 is 13.2 Å². The summed E-state index contributed by atoms with van der Waals surface area (Å²) < 4.78 is 32.8. The van der Waals surface area contributed by atoms with Crippen LogP contribution in [0.5, 0.6) is 5.75 Å². The molecule has 0 saturated carbocycles. The predicted octanol–water partition coefficient (Wildman–Crippen LogP) is 3.79. The first-order valence-corrected chi connectivity index (χ1v) is 13.3. The molecular weight excluding hydrogens is 416 g/mol. The fraction of sp³-hybridized carbons (Fsp3) is 0.478. The first-order valence-electron chi connectivity index (χ1n) is 10.4. The molecule has 0 aliphatic carbocycles. The van der Waals surface area contributed by atoms with Crippen LogP contribution in [0.1, 0.15) is 24.0 Å². The number of thioether (sulfide) groups is 1. The Labute approximate surface area is 185 Å². The van der Waals surface area contributed by atoms with Crippen molar-refractivity contribution in [3.8, 4) is 5.75 Å². The quantitative estimate of drug-likeness (QED) is 0.561. The van der Waals surface area contributed by atoms with Gasteiger partial charge in [0.1, 0.15) is 5.75 Å². The number of aryl methyl sites for hydroxylation is 1. The number of ether oxygens (including phenoxy) is 1. The molecule has 0 unspecified atom stereocenters. The van der Waals surface area contributed by atoms with Crippen molar-refractivity contribution in [2.75, 3.05) is 38.8 Å². The van der Waals surface area contributed by atoms with Gasteiger partial charge in [-0.3, -0.25) is 4.90 Å². The summed E-state index contributed by atoms with van der Waals surface area (Å²) in [6.45, 7) is 3.54. The van der Waals surface area contributed by atoms with Gasteiger partial charge in [-0.2, -0.15) is 0 Å². The number of sulfonamides is 1. The van der Waals surface area contributed by atoms with Gasteiger partial charge < -0.3 is 4.74 Å². The standard InChI is InChI=1S/C23H32N2O3S2/c1-28-22-9-7-19(8-10-22)13-16-30(26,27)24-17-20-11-14-25(15-12-20)18-21-5-3-4-6-23(21)29-2/h3-10,20,24H,11-18H2,1-2H3. The molecule has 0 bridgehead atoms. The number of benzene rings is 2. The van der Waals surface area contributed by atoms with Crippen LogP contribution in [0.4, 0.5) is 0 Å². The molecular formula is C23H32N2O3S2. The van der Waals surface area contributed by atoms with Crippen LogP contribution in [0.25, 0.3) is 0 Å². The Morgan fingerprint density at radius 2 is 1.80 bits per heavy atom. The highest BCUT2D eigenvalue weighted by molar-refractivity contribution is 7.98. The van der Waals surface area contributed by atoms with E-state index in [4.69, 9.17) is 4.74 Å². The van der Waals surface area contributed by atoms with Gasteiger partial charge in [-0.25, -0.2) is 13.1 Å². The number of likely N-dealkylation sites (tertiary alicyclic amines) is 1. The highest BCUT2D eigenvalue weighted by atomic mass is 32.2. The van der Waals surface area contributed by atoms with E-state index in [9.17, 15) is 8.42 Å². The highest BCUT2D eigenvalue weighted by Crippen LogP contribution is 2.24. The van der Waals surface area contributed by atoms with Crippen molar-refractivity contribution in [1.29, 1.82) is 0 Å². The van der Waals surface area contributed by atoms with Gasteiger partial charge in [0.25, 0.3) is 0 Å². The molecule has 0 spiro atoms. The number of rotatable bonds is 10. The van der Waals surface area contributed by atoms with Crippen LogP contribution in [0.15, 0.2) is 53.4 Å². The summed E-state index contributed by atoms with van der Waals surface area (Å²) in [5.74, 6) is 1.31. The van der Waals surface area contributed by atoms with Gasteiger partial charge in [0.15, 0.2) is 0 Å². The summed E-state index contributed by atoms with van der Waals surface area (Å²) in [6, 6.07) is 16.1. The number of nitrogens with zero attached hydrogens (tertiary/aromatic N) is 1. The smallest absolute Gasteiger partial charge is 0.211 e. The molecule has 7 heteroatoms. The van der Waals surface area contributed by atoms with Crippen LogP contribution in [0.2, 0.25) is 0 Å². The molecule has 0 atom stereocenters. The lowest BCUT2D eigenvalue weighted by molar-refractivity contribution is 0.177. The van der Waals surface area contributed by atoms with E-state index in [2.05, 4.69) is 40.1 Å². The average molecular weight is 449 g/mol. The maximum atomic E-state index is 12.4. The summed E-state index contributed by atoms with van der Waals surface area (Å²) in [5.41, 5.74) is 2.38. The maximum absolute atomic E-state index is 12.4. The summed E-state index contributed by atoms with van der Waals surface area (Å²) in [5, 5.41) is 0. The molecule has 1 aliphatic rings. The van der Waals surface area contributed by atoms with Gasteiger partial charge in [0.05, 0.1) is 12.9 Å². The van der Waals surface area contributed by atoms with E-state index in [0.717, 1.165) is 43.8 Å². The fourth-order valence-corrected chi connectivity index (χ4v) is 5.53. The van der Waals surface area contributed by atoms with E-state index in [1.807, 2.05) is 24.3 Å². The van der Waals surface area contributed by atoms with Crippen molar-refractivity contribution in [2.24, 2.45) is 5.92 Å². The van der Waals surface area contributed by atoms with Gasteiger partial charge in [0, 0.05) is 18.0 Å². The number of piperidine rings is 1. The zero-order chi connectivity index (χ0) is 21.4. The molecule has 30 heavy (non-hydrogen) atoms. The van der Waals surface area contributed by atoms with Crippen LogP contribution in [0, 0.1) is 5.92 Å². The SMILES string of the molecule is COc1ccc(CCS(=O)(=O)NCC2CCN(Cc3ccccc3SC)CC2)cc1. The van der Waals surface area contributed by atoms with Crippen LogP contribution >= 0.6 is 11.8 Å². The second-order valence-corrected chi connectivity index (χ2v) is 10.6. The van der Waals surface area contributed by atoms with E-state index in [1.54, 1.807) is 18.9 Å². The summed E-state index contributed by atoms with van der Waals surface area (Å²) >= 11 is 1.79. The van der Waals surface area contributed by atoms with E-state index < -0.39 is 10.0 Å². The summed E-state index contributed by atoms with van der Waals surface area (Å²) in [4.78, 5) is 3.81. The molecule has 2 aromatic rings. The Morgan fingerprint density at radius 3 is 2.47 bits per heavy atom. The van der Waals surface area contributed by atoms with Gasteiger partial charge in [-0.05, 0) is 73.9 Å². The van der Waals surface area contributed by atoms with Crippen LogP contribution < -0.4 is 9.46 Å². The topological polar surface area (TPSA) is 58.6 Å². The molecule has 3 rings (SSSR count). The summed E-state index contributed by atoms with van der Waals surface area (Å²) in [7, 11) is -1.64. The Bertz CT molecular complexity index is 893. The summed E-state index contributed by atoms with van der Waals surface area (Å²) in [6.07, 6.45) is 4.68. The lowest BCUT2D eigenvalue weighted by atomic mass is 9.97. The Balaban J connectivity index is 1.40. The first kappa shape index (κ1) is 23.1. The molecule has 2 aromatic carbocycles. The van der Waals surface area contributed by atoms with Crippen molar-refractivity contribution >= 4 is 21.8 Å². The lowest BCUT2D eigenvalue weighted by Crippen LogP contribution is -2.39. The van der Waals surface area contributed by atoms with Crippen LogP contribution in [0.3, 0.4) is 0 Å². The number of hydrogen-bond donors (Lipinski definition) is 1. The maximum Gasteiger partial charge on any atom is 0.211 e. The minimum atomic E-state index is -3.26. The van der Waals surface area contributed by atoms with E-state index in [-0.39, 0.29) is 5.75 Å². The Morgan fingerprint density at radius 1 is 1.10 bits per heavy atom. The monoisotopic (exact) mass is 448 g/mol. The third-order valence-electron chi connectivity index (χ3n) is 5.70. The highest BCUT2D eigenvalue weighted by Gasteiger charge is 2.21. The fourth-order valence-electron chi connectivity index (χ4n) is 3.78. The van der Waals surface area contributed by atoms with Gasteiger partial charge >= 0.3 is 0 Å². The Hall–Kier alpha value is -1.54. The van der Waals surface area contributed by atoms with Crippen LogP contribution in [-0.4, -0.2) is 52.1 Å². The molecule has 1 N–H and O–H groups in total. The minimum Gasteiger partial charge on any atom is -0.497 e. The average Bonchev–Trinajstić information content (AvgIpc) is 2.78. The van der Waals surface area contributed by atoms with Crippen molar-refractivity contribution in [3.05, 3.63) is 59.7 Å². The molecule has 1 heterocycles. The number of methoxy groups -OCH3 is 1. The van der Waals surface area contributed by atoms with E-state index in [1.165, 1.54) is 10.5 Å². The molecule has 0 amide bonds. The zero-order valence-corrected chi connectivity index (χ0v) is 19.5. The molecule has 0 radical (unpaired) electrons. The van der Waals surface area contributed by atoms with Crippen molar-refractivity contribution in [3.63, 3.8) is 0 Å². The van der Waals surface area contributed by atoms with Crippen LogP contribution in [-0.2, 0) is 23.0 Å². The van der Waals surface area contributed by atoms with Gasteiger partial charge in [0.2, 0.25) is 10.0 Å². The third-order valence-corrected chi connectivity index (χ3v) is 7.89. The normalized spacial score (nSPS) is 15.9. The van der Waals surface area contributed by atoms with E-state index in [0.29, 0.717) is 18.9 Å². The van der Waals surface area contributed by atoms with E-state index >= 15 is 0 Å². The molecule has 1 aliphatic heterocycles. The molecule has 5 nitrogen and oxygen atoms in total. The molecule has 1 fully saturated rings. The minimum absolute atomic E-state index is 0.115. The second-order valence-electron chi connectivity index (χ2n) is 7.80. The van der Waals surface area contributed by atoms with Gasteiger partial charge in [-0.1, -0.05) is 30.3 Å². The van der Waals surface area contributed by atoms with Crippen molar-refractivity contribution in [2.45, 2.75) is 30.7 Å². The zero-order valence-electron chi connectivity index (χ0n) is 17.8. The Kier molecular flexibility index (Phi) is 8.62. The number of hydrogen-bond acceptors (Lipinski definition) is 5. The largest absolute Gasteiger partial charge is 0.497 e. The second kappa shape index (κ2) is 11.2. The number of nitrogens with one attached hydrogen (secondary N) is 1. The molecule has 1 saturated heterocycles. The van der Waals surface area contributed by atoms with Crippen molar-refractivity contribution in [1.82, 2.24) is 9.62 Å². The molecule has 0 aromatic heterocycles. The molecule has 164 valence electrons. The third kappa shape index (κ3) is 7.01. The predicted molar refractivity (Wildman–Crippen MR) is 125 cm³/mol. The first-order chi connectivity index (χ1) is 14.5. The lowest BCUT2D eigenvalue weighted by Gasteiger charge is -2.32. The van der Waals surface area contributed by atoms with Gasteiger partial charge in [-0.15, -0.1) is 11.8 Å².